The Bertz CT molecular complexity index is 1190. The summed E-state index contributed by atoms with van der Waals surface area (Å²) in [6.07, 6.45) is 6.51. The summed E-state index contributed by atoms with van der Waals surface area (Å²) in [6.45, 7) is 1.96. The van der Waals surface area contributed by atoms with Crippen molar-refractivity contribution in [2.45, 2.75) is 50.0 Å². The summed E-state index contributed by atoms with van der Waals surface area (Å²) in [5, 5.41) is 0. The molecule has 1 heterocycles. The third-order valence-corrected chi connectivity index (χ3v) is 7.69. The molecule has 4 rings (SSSR count). The van der Waals surface area contributed by atoms with Crippen molar-refractivity contribution < 1.29 is 17.5 Å². The van der Waals surface area contributed by atoms with Crippen molar-refractivity contribution >= 4 is 15.7 Å². The molecule has 0 spiro atoms. The van der Waals surface area contributed by atoms with Crippen LogP contribution in [0.1, 0.15) is 49.7 Å². The van der Waals surface area contributed by atoms with E-state index in [1.54, 1.807) is 30.3 Å². The van der Waals surface area contributed by atoms with Gasteiger partial charge in [-0.1, -0.05) is 31.5 Å². The second kappa shape index (κ2) is 9.24. The maximum atomic E-state index is 15.5. The molecule has 168 valence electrons. The fourth-order valence-electron chi connectivity index (χ4n) is 3.77. The number of nitrogens with zero attached hydrogens (tertiary/aromatic N) is 2. The molecule has 6 nitrogen and oxygen atoms in total. The number of nitrogen functional groups attached to an aromatic ring is 1. The number of anilines is 1. The Kier molecular flexibility index (Phi) is 6.41. The fraction of sp³-hybridized carbons (Fsp3) is 0.333. The van der Waals surface area contributed by atoms with Gasteiger partial charge in [-0.2, -0.15) is 0 Å². The molecule has 0 bridgehead atoms. The van der Waals surface area contributed by atoms with E-state index < -0.39 is 15.7 Å². The van der Waals surface area contributed by atoms with Gasteiger partial charge in [0.1, 0.15) is 12.4 Å². The van der Waals surface area contributed by atoms with Crippen molar-refractivity contribution in [1.82, 2.24) is 9.97 Å². The van der Waals surface area contributed by atoms with E-state index in [0.717, 1.165) is 30.4 Å². The Labute approximate surface area is 187 Å². The molecule has 0 radical (unpaired) electrons. The first-order valence-electron chi connectivity index (χ1n) is 10.7. The summed E-state index contributed by atoms with van der Waals surface area (Å²) in [7, 11) is -3.28. The minimum absolute atomic E-state index is 0.111. The van der Waals surface area contributed by atoms with Crippen molar-refractivity contribution in [3.8, 4) is 17.0 Å². The molecule has 3 aromatic rings. The lowest BCUT2D eigenvalue weighted by Crippen LogP contribution is -2.12. The molecule has 1 fully saturated rings. The maximum Gasteiger partial charge on any atom is 0.178 e. The molecule has 0 unspecified atom stereocenters. The molecular formula is C24H26FN3O3S. The number of hydrogen-bond donors (Lipinski definition) is 1. The van der Waals surface area contributed by atoms with Crippen LogP contribution in [0.15, 0.2) is 53.7 Å². The van der Waals surface area contributed by atoms with Gasteiger partial charge in [-0.15, -0.1) is 0 Å². The van der Waals surface area contributed by atoms with Crippen molar-refractivity contribution in [2.24, 2.45) is 0 Å². The maximum absolute atomic E-state index is 15.5. The van der Waals surface area contributed by atoms with Crippen LogP contribution in [0.25, 0.3) is 11.3 Å². The zero-order valence-electron chi connectivity index (χ0n) is 17.9. The first-order chi connectivity index (χ1) is 15.4. The normalized spacial score (nSPS) is 14.2. The molecule has 1 saturated carbocycles. The van der Waals surface area contributed by atoms with Crippen molar-refractivity contribution in [3.05, 3.63) is 65.7 Å². The molecular weight excluding hydrogens is 429 g/mol. The molecule has 0 aliphatic heterocycles. The molecule has 0 saturated heterocycles. The van der Waals surface area contributed by atoms with E-state index in [2.05, 4.69) is 9.97 Å². The summed E-state index contributed by atoms with van der Waals surface area (Å²) in [5.41, 5.74) is 7.89. The average Bonchev–Trinajstić information content (AvgIpc) is 2.73. The SMILES string of the molecule is CCCS(=O)(=O)c1ccc(COc2c(C3CCC3)ccc(-c3cnc(N)cn3)c2F)cc1. The molecule has 2 N–H and O–H groups in total. The molecule has 2 aromatic carbocycles. The largest absolute Gasteiger partial charge is 0.486 e. The molecule has 1 aliphatic rings. The van der Waals surface area contributed by atoms with E-state index in [0.29, 0.717) is 17.7 Å². The van der Waals surface area contributed by atoms with Crippen LogP contribution in [-0.2, 0) is 16.4 Å². The van der Waals surface area contributed by atoms with Crippen LogP contribution in [0.5, 0.6) is 5.75 Å². The monoisotopic (exact) mass is 455 g/mol. The predicted molar refractivity (Wildman–Crippen MR) is 122 cm³/mol. The zero-order valence-corrected chi connectivity index (χ0v) is 18.7. The van der Waals surface area contributed by atoms with Crippen LogP contribution < -0.4 is 10.5 Å². The van der Waals surface area contributed by atoms with Crippen LogP contribution in [0.4, 0.5) is 10.2 Å². The highest BCUT2D eigenvalue weighted by Gasteiger charge is 2.27. The number of ether oxygens (including phenoxy) is 1. The van der Waals surface area contributed by atoms with Gasteiger partial charge in [0.05, 0.1) is 28.7 Å². The van der Waals surface area contributed by atoms with Gasteiger partial charge >= 0.3 is 0 Å². The van der Waals surface area contributed by atoms with E-state index in [9.17, 15) is 8.42 Å². The lowest BCUT2D eigenvalue weighted by atomic mass is 9.79. The van der Waals surface area contributed by atoms with Gasteiger partial charge in [-0.3, -0.25) is 4.98 Å². The first kappa shape index (κ1) is 22.2. The second-order valence-corrected chi connectivity index (χ2v) is 10.2. The summed E-state index contributed by atoms with van der Waals surface area (Å²) in [5.74, 6) is 0.387. The quantitative estimate of drug-likeness (QED) is 0.519. The smallest absolute Gasteiger partial charge is 0.178 e. The number of nitrogens with two attached hydrogens (primary N) is 1. The molecule has 1 aromatic heterocycles. The second-order valence-electron chi connectivity index (χ2n) is 8.05. The Hall–Kier alpha value is -3.00. The van der Waals surface area contributed by atoms with Crippen LogP contribution in [0.2, 0.25) is 0 Å². The molecule has 8 heteroatoms. The van der Waals surface area contributed by atoms with E-state index in [-0.39, 0.29) is 34.7 Å². The Morgan fingerprint density at radius 1 is 1.09 bits per heavy atom. The fourth-order valence-corrected chi connectivity index (χ4v) is 5.09. The van der Waals surface area contributed by atoms with E-state index in [1.165, 1.54) is 12.4 Å². The van der Waals surface area contributed by atoms with Crippen LogP contribution in [-0.4, -0.2) is 24.1 Å². The number of hydrogen-bond acceptors (Lipinski definition) is 6. The molecule has 32 heavy (non-hydrogen) atoms. The predicted octanol–water partition coefficient (Wildman–Crippen LogP) is 4.90. The van der Waals surface area contributed by atoms with Crippen molar-refractivity contribution in [2.75, 3.05) is 11.5 Å². The van der Waals surface area contributed by atoms with Gasteiger partial charge in [-0.05, 0) is 48.9 Å². The number of benzene rings is 2. The number of rotatable bonds is 8. The van der Waals surface area contributed by atoms with Gasteiger partial charge in [0, 0.05) is 11.1 Å². The number of sulfone groups is 1. The Morgan fingerprint density at radius 2 is 1.84 bits per heavy atom. The molecule has 1 aliphatic carbocycles. The van der Waals surface area contributed by atoms with Gasteiger partial charge < -0.3 is 10.5 Å². The highest BCUT2D eigenvalue weighted by Crippen LogP contribution is 2.44. The minimum Gasteiger partial charge on any atom is -0.486 e. The molecule has 0 atom stereocenters. The van der Waals surface area contributed by atoms with Gasteiger partial charge in [0.2, 0.25) is 0 Å². The summed E-state index contributed by atoms with van der Waals surface area (Å²) in [6, 6.07) is 10.2. The Morgan fingerprint density at radius 3 is 2.44 bits per heavy atom. The third-order valence-electron chi connectivity index (χ3n) is 5.76. The topological polar surface area (TPSA) is 95.2 Å². The average molecular weight is 456 g/mol. The Balaban J connectivity index is 1.60. The van der Waals surface area contributed by atoms with Crippen molar-refractivity contribution in [1.29, 1.82) is 0 Å². The summed E-state index contributed by atoms with van der Waals surface area (Å²) < 4.78 is 46.0. The minimum atomic E-state index is -3.28. The van der Waals surface area contributed by atoms with Gasteiger partial charge in [-0.25, -0.2) is 17.8 Å². The van der Waals surface area contributed by atoms with Crippen LogP contribution >= 0.6 is 0 Å². The van der Waals surface area contributed by atoms with Crippen molar-refractivity contribution in [3.63, 3.8) is 0 Å². The number of halogens is 1. The van der Waals surface area contributed by atoms with E-state index in [1.807, 2.05) is 13.0 Å². The van der Waals surface area contributed by atoms with Crippen LogP contribution in [0, 0.1) is 5.82 Å². The lowest BCUT2D eigenvalue weighted by Gasteiger charge is -2.28. The van der Waals surface area contributed by atoms with Gasteiger partial charge in [0.25, 0.3) is 0 Å². The van der Waals surface area contributed by atoms with E-state index >= 15 is 4.39 Å². The summed E-state index contributed by atoms with van der Waals surface area (Å²) in [4.78, 5) is 8.48. The first-order valence-corrected chi connectivity index (χ1v) is 12.4. The highest BCUT2D eigenvalue weighted by molar-refractivity contribution is 7.91. The van der Waals surface area contributed by atoms with E-state index in [4.69, 9.17) is 10.5 Å². The third kappa shape index (κ3) is 4.60. The van der Waals surface area contributed by atoms with Gasteiger partial charge in [0.15, 0.2) is 21.4 Å². The lowest BCUT2D eigenvalue weighted by molar-refractivity contribution is 0.278. The molecule has 0 amide bonds. The summed E-state index contributed by atoms with van der Waals surface area (Å²) >= 11 is 0. The van der Waals surface area contributed by atoms with Crippen LogP contribution in [0.3, 0.4) is 0 Å². The zero-order chi connectivity index (χ0) is 22.7. The number of aromatic nitrogens is 2. The highest BCUT2D eigenvalue weighted by atomic mass is 32.2. The standard InChI is InChI=1S/C24H26FN3O3S/c1-2-12-32(29,30)18-8-6-16(7-9-18)15-31-24-19(17-4-3-5-17)10-11-20(23(24)25)21-13-28-22(26)14-27-21/h6-11,13-14,17H,2-5,12,15H2,1H3,(H2,26,28).